The van der Waals surface area contributed by atoms with Crippen LogP contribution in [0.15, 0.2) is 30.4 Å². The molecule has 0 bridgehead atoms. The summed E-state index contributed by atoms with van der Waals surface area (Å²) in [6.45, 7) is 9.58. The molecule has 1 aromatic heterocycles. The summed E-state index contributed by atoms with van der Waals surface area (Å²) in [5.41, 5.74) is 1.33. The van der Waals surface area contributed by atoms with Gasteiger partial charge in [-0.05, 0) is 33.8 Å². The molecule has 2 aliphatic heterocycles. The largest absolute Gasteiger partial charge is 0.499 e. The van der Waals surface area contributed by atoms with Crippen molar-refractivity contribution in [2.75, 3.05) is 33.3 Å². The highest BCUT2D eigenvalue weighted by molar-refractivity contribution is 5.79. The van der Waals surface area contributed by atoms with Crippen LogP contribution in [0.5, 0.6) is 0 Å². The van der Waals surface area contributed by atoms with Crippen LogP contribution in [0, 0.1) is 6.92 Å². The van der Waals surface area contributed by atoms with Gasteiger partial charge in [0.25, 0.3) is 0 Å². The molecule has 2 unspecified atom stereocenters. The minimum atomic E-state index is -0.535. The second-order valence-electron chi connectivity index (χ2n) is 9.27. The zero-order chi connectivity index (χ0) is 22.3. The van der Waals surface area contributed by atoms with Crippen LogP contribution < -0.4 is 0 Å². The quantitative estimate of drug-likeness (QED) is 0.738. The molecule has 0 radical (unpaired) electrons. The first-order chi connectivity index (χ1) is 14.7. The van der Waals surface area contributed by atoms with E-state index in [9.17, 15) is 9.59 Å². The molecular formula is C22H31N5O4. The third kappa shape index (κ3) is 4.26. The van der Waals surface area contributed by atoms with E-state index < -0.39 is 5.60 Å². The van der Waals surface area contributed by atoms with Crippen molar-refractivity contribution in [1.82, 2.24) is 24.3 Å². The fourth-order valence-corrected chi connectivity index (χ4v) is 4.35. The molecule has 1 aliphatic carbocycles. The molecule has 168 valence electrons. The Hall–Kier alpha value is -2.97. The number of allylic oxidation sites excluding steroid dienone is 2. The molecule has 1 aromatic rings. The summed E-state index contributed by atoms with van der Waals surface area (Å²) in [5.74, 6) is 0.818. The Bertz CT molecular complexity index is 929. The van der Waals surface area contributed by atoms with E-state index in [0.717, 1.165) is 17.2 Å². The number of carbonyl (C=O) groups is 2. The lowest BCUT2D eigenvalue weighted by atomic mass is 10.0. The number of rotatable bonds is 3. The summed E-state index contributed by atoms with van der Waals surface area (Å²) in [7, 11) is 1.66. The first-order valence-corrected chi connectivity index (χ1v) is 10.7. The minimum Gasteiger partial charge on any atom is -0.499 e. The van der Waals surface area contributed by atoms with Crippen LogP contribution in [0.1, 0.15) is 32.9 Å². The Balaban J connectivity index is 1.44. The predicted molar refractivity (Wildman–Crippen MR) is 115 cm³/mol. The van der Waals surface area contributed by atoms with Gasteiger partial charge in [0.05, 0.1) is 36.9 Å². The van der Waals surface area contributed by atoms with Crippen LogP contribution in [0.25, 0.3) is 5.70 Å². The third-order valence-corrected chi connectivity index (χ3v) is 5.83. The van der Waals surface area contributed by atoms with Crippen molar-refractivity contribution >= 4 is 17.8 Å². The average Bonchev–Trinajstić information content (AvgIpc) is 3.29. The van der Waals surface area contributed by atoms with E-state index in [2.05, 4.69) is 11.1 Å². The van der Waals surface area contributed by atoms with Gasteiger partial charge in [0.15, 0.2) is 0 Å². The number of urea groups is 1. The van der Waals surface area contributed by atoms with Gasteiger partial charge in [-0.15, -0.1) is 0 Å². The molecule has 9 nitrogen and oxygen atoms in total. The number of carbonyl (C=O) groups excluding carboxylic acids is 2. The lowest BCUT2D eigenvalue weighted by Gasteiger charge is -2.37. The highest BCUT2D eigenvalue weighted by atomic mass is 16.6. The van der Waals surface area contributed by atoms with E-state index in [-0.39, 0.29) is 24.2 Å². The summed E-state index contributed by atoms with van der Waals surface area (Å²) < 4.78 is 13.1. The van der Waals surface area contributed by atoms with E-state index in [1.54, 1.807) is 18.3 Å². The molecule has 0 aromatic carbocycles. The van der Waals surface area contributed by atoms with Crippen molar-refractivity contribution < 1.29 is 19.1 Å². The molecule has 2 atom stereocenters. The normalized spacial score (nSPS) is 24.0. The number of piperazine rings is 1. The molecule has 31 heavy (non-hydrogen) atoms. The zero-order valence-corrected chi connectivity index (χ0v) is 18.9. The molecule has 0 N–H and O–H groups in total. The molecule has 0 spiro atoms. The summed E-state index contributed by atoms with van der Waals surface area (Å²) in [5, 5.41) is 0. The molecule has 3 heterocycles. The van der Waals surface area contributed by atoms with Gasteiger partial charge in [-0.25, -0.2) is 14.6 Å². The van der Waals surface area contributed by atoms with Crippen molar-refractivity contribution in [1.29, 1.82) is 0 Å². The molecule has 0 saturated carbocycles. The third-order valence-electron chi connectivity index (χ3n) is 5.83. The van der Waals surface area contributed by atoms with Crippen molar-refractivity contribution in [3.05, 3.63) is 36.1 Å². The van der Waals surface area contributed by atoms with E-state index in [4.69, 9.17) is 9.47 Å². The predicted octanol–water partition coefficient (Wildman–Crippen LogP) is 2.69. The van der Waals surface area contributed by atoms with Crippen LogP contribution in [0.3, 0.4) is 0 Å². The maximum Gasteiger partial charge on any atom is 0.410 e. The van der Waals surface area contributed by atoms with E-state index in [0.29, 0.717) is 32.6 Å². The molecule has 3 amide bonds. The number of ether oxygens (including phenoxy) is 2. The first-order valence-electron chi connectivity index (χ1n) is 10.7. The molecule has 4 rings (SSSR count). The number of hydrogen-bond acceptors (Lipinski definition) is 5. The highest BCUT2D eigenvalue weighted by Gasteiger charge is 2.44. The van der Waals surface area contributed by atoms with Crippen molar-refractivity contribution in [2.24, 2.45) is 0 Å². The molecule has 2 saturated heterocycles. The number of aromatic nitrogens is 2. The number of aryl methyl sites for hydroxylation is 1. The van der Waals surface area contributed by atoms with Crippen LogP contribution in [-0.4, -0.2) is 87.3 Å². The van der Waals surface area contributed by atoms with Crippen LogP contribution in [0.2, 0.25) is 0 Å². The van der Waals surface area contributed by atoms with Gasteiger partial charge in [0.2, 0.25) is 0 Å². The topological polar surface area (TPSA) is 80.1 Å². The standard InChI is InChI=1S/C22H31N5O4/c1-15-11-25(14-23-15)18-7-6-16(10-19(18)30-5)27-13-17-12-24(8-9-26(17)20(27)28)21(29)31-22(2,3)4/h6-7,11,14,16-17H,8-10,12-13H2,1-5H3. The van der Waals surface area contributed by atoms with Gasteiger partial charge in [-0.2, -0.15) is 0 Å². The van der Waals surface area contributed by atoms with E-state index in [1.807, 2.05) is 54.3 Å². The lowest BCUT2D eigenvalue weighted by molar-refractivity contribution is 0.0127. The molecular weight excluding hydrogens is 398 g/mol. The average molecular weight is 430 g/mol. The monoisotopic (exact) mass is 429 g/mol. The highest BCUT2D eigenvalue weighted by Crippen LogP contribution is 2.31. The second kappa shape index (κ2) is 7.94. The van der Waals surface area contributed by atoms with Crippen LogP contribution in [0.4, 0.5) is 9.59 Å². The molecule has 3 aliphatic rings. The fourth-order valence-electron chi connectivity index (χ4n) is 4.35. The van der Waals surface area contributed by atoms with Gasteiger partial charge >= 0.3 is 12.1 Å². The van der Waals surface area contributed by atoms with Crippen molar-refractivity contribution in [3.8, 4) is 0 Å². The van der Waals surface area contributed by atoms with Gasteiger partial charge in [-0.3, -0.25) is 0 Å². The summed E-state index contributed by atoms with van der Waals surface area (Å²) in [4.78, 5) is 35.3. The second-order valence-corrected chi connectivity index (χ2v) is 9.27. The summed E-state index contributed by atoms with van der Waals surface area (Å²) in [6.07, 6.45) is 8.04. The van der Waals surface area contributed by atoms with Gasteiger partial charge in [0, 0.05) is 38.8 Å². The number of nitrogens with zero attached hydrogens (tertiary/aromatic N) is 5. The Morgan fingerprint density at radius 1 is 1.19 bits per heavy atom. The fraction of sp³-hybridized carbons (Fsp3) is 0.591. The van der Waals surface area contributed by atoms with E-state index >= 15 is 0 Å². The number of fused-ring (bicyclic) bond motifs is 1. The maximum atomic E-state index is 13.1. The van der Waals surface area contributed by atoms with Gasteiger partial charge in [-0.1, -0.05) is 6.08 Å². The minimum absolute atomic E-state index is 0.0147. The van der Waals surface area contributed by atoms with Crippen molar-refractivity contribution in [2.45, 2.75) is 51.8 Å². The smallest absolute Gasteiger partial charge is 0.410 e. The lowest BCUT2D eigenvalue weighted by Crippen LogP contribution is -2.54. The number of imidazole rings is 1. The Labute approximate surface area is 182 Å². The SMILES string of the molecule is COC1=C(n2cnc(C)c2)C=CC(N2CC3CN(C(=O)OC(C)(C)C)CCN3C2=O)C1. The van der Waals surface area contributed by atoms with Crippen LogP contribution in [-0.2, 0) is 9.47 Å². The van der Waals surface area contributed by atoms with Crippen molar-refractivity contribution in [3.63, 3.8) is 0 Å². The van der Waals surface area contributed by atoms with Gasteiger partial charge < -0.3 is 28.7 Å². The Kier molecular flexibility index (Phi) is 5.45. The number of methoxy groups -OCH3 is 1. The molecule has 9 heteroatoms. The van der Waals surface area contributed by atoms with Gasteiger partial charge in [0.1, 0.15) is 11.4 Å². The first kappa shape index (κ1) is 21.3. The Morgan fingerprint density at radius 2 is 1.97 bits per heavy atom. The molecule has 2 fully saturated rings. The van der Waals surface area contributed by atoms with E-state index in [1.165, 1.54) is 0 Å². The Morgan fingerprint density at radius 3 is 2.61 bits per heavy atom. The van der Waals surface area contributed by atoms with Crippen LogP contribution >= 0.6 is 0 Å². The number of amides is 3. The zero-order valence-electron chi connectivity index (χ0n) is 18.9. The summed E-state index contributed by atoms with van der Waals surface area (Å²) in [6, 6.07) is -0.105. The maximum absolute atomic E-state index is 13.1. The number of hydrogen-bond donors (Lipinski definition) is 0. The summed E-state index contributed by atoms with van der Waals surface area (Å²) >= 11 is 0.